The second kappa shape index (κ2) is 7.35. The highest BCUT2D eigenvalue weighted by molar-refractivity contribution is 7.92. The molecule has 0 bridgehead atoms. The number of benzene rings is 1. The van der Waals surface area contributed by atoms with Gasteiger partial charge in [-0.3, -0.25) is 14.2 Å². The van der Waals surface area contributed by atoms with Crippen LogP contribution in [0.15, 0.2) is 41.6 Å². The highest BCUT2D eigenvalue weighted by Gasteiger charge is 2.15. The van der Waals surface area contributed by atoms with Gasteiger partial charge in [0.2, 0.25) is 0 Å². The Kier molecular flexibility index (Phi) is 5.45. The number of carbonyl (C=O) groups excluding carboxylic acids is 1. The summed E-state index contributed by atoms with van der Waals surface area (Å²) in [6, 6.07) is 5.95. The van der Waals surface area contributed by atoms with Gasteiger partial charge in [0, 0.05) is 19.3 Å². The molecule has 0 unspecified atom stereocenters. The van der Waals surface area contributed by atoms with Gasteiger partial charge in [-0.2, -0.15) is 5.10 Å². The maximum atomic E-state index is 12.4. The zero-order chi connectivity index (χ0) is 17.7. The fourth-order valence-electron chi connectivity index (χ4n) is 1.82. The Morgan fingerprint density at radius 3 is 2.50 bits per heavy atom. The Morgan fingerprint density at radius 1 is 1.29 bits per heavy atom. The lowest BCUT2D eigenvalue weighted by Crippen LogP contribution is -2.24. The number of rotatable bonds is 7. The first-order chi connectivity index (χ1) is 11.3. The van der Waals surface area contributed by atoms with Gasteiger partial charge in [-0.05, 0) is 38.1 Å². The number of ether oxygens (including phenoxy) is 1. The molecule has 24 heavy (non-hydrogen) atoms. The van der Waals surface area contributed by atoms with E-state index in [0.717, 1.165) is 0 Å². The molecule has 0 spiro atoms. The molecule has 9 heteroatoms. The van der Waals surface area contributed by atoms with Crippen molar-refractivity contribution in [1.29, 1.82) is 0 Å². The van der Waals surface area contributed by atoms with Crippen molar-refractivity contribution in [3.05, 3.63) is 36.7 Å². The summed E-state index contributed by atoms with van der Waals surface area (Å²) in [7, 11) is -2.21. The minimum atomic E-state index is -3.72. The molecule has 1 aromatic heterocycles. The predicted octanol–water partition coefficient (Wildman–Crippen LogP) is 1.39. The number of sulfonamides is 1. The predicted molar refractivity (Wildman–Crippen MR) is 89.4 cm³/mol. The van der Waals surface area contributed by atoms with Crippen LogP contribution in [0.2, 0.25) is 0 Å². The summed E-state index contributed by atoms with van der Waals surface area (Å²) in [5.41, 5.74) is 0.392. The molecule has 0 aliphatic carbocycles. The molecule has 2 N–H and O–H groups in total. The SMILES string of the molecule is CNC(=O)COc1ccc(S(=O)(=O)Nc2cnn(C(C)C)c2)cc1. The number of aromatic nitrogens is 2. The Morgan fingerprint density at radius 2 is 1.96 bits per heavy atom. The summed E-state index contributed by atoms with van der Waals surface area (Å²) in [4.78, 5) is 11.2. The van der Waals surface area contributed by atoms with Crippen LogP contribution in [0.3, 0.4) is 0 Å². The van der Waals surface area contributed by atoms with Gasteiger partial charge in [-0.25, -0.2) is 8.42 Å². The first-order valence-corrected chi connectivity index (χ1v) is 8.80. The molecule has 0 saturated carbocycles. The number of nitrogens with zero attached hydrogens (tertiary/aromatic N) is 2. The third-order valence-corrected chi connectivity index (χ3v) is 4.56. The Labute approximate surface area is 140 Å². The maximum absolute atomic E-state index is 12.4. The zero-order valence-corrected chi connectivity index (χ0v) is 14.5. The Bertz CT molecular complexity index is 797. The van der Waals surface area contributed by atoms with Gasteiger partial charge in [0.05, 0.1) is 16.8 Å². The monoisotopic (exact) mass is 352 g/mol. The summed E-state index contributed by atoms with van der Waals surface area (Å²) in [5, 5.41) is 6.52. The standard InChI is InChI=1S/C15H20N4O4S/c1-11(2)19-9-12(8-17-19)18-24(21,22)14-6-4-13(5-7-14)23-10-15(20)16-3/h4-9,11,18H,10H2,1-3H3,(H,16,20). The van der Waals surface area contributed by atoms with Crippen molar-refractivity contribution in [3.8, 4) is 5.75 Å². The zero-order valence-electron chi connectivity index (χ0n) is 13.7. The molecule has 0 radical (unpaired) electrons. The van der Waals surface area contributed by atoms with Crippen LogP contribution >= 0.6 is 0 Å². The van der Waals surface area contributed by atoms with Crippen molar-refractivity contribution in [3.63, 3.8) is 0 Å². The van der Waals surface area contributed by atoms with Gasteiger partial charge in [0.15, 0.2) is 6.61 Å². The molecular formula is C15H20N4O4S. The molecule has 2 aromatic rings. The summed E-state index contributed by atoms with van der Waals surface area (Å²) < 4.78 is 34.1. The number of nitrogens with one attached hydrogen (secondary N) is 2. The van der Waals surface area contributed by atoms with Gasteiger partial charge in [0.25, 0.3) is 15.9 Å². The molecule has 1 aromatic carbocycles. The average Bonchev–Trinajstić information content (AvgIpc) is 3.01. The first-order valence-electron chi connectivity index (χ1n) is 7.32. The lowest BCUT2D eigenvalue weighted by atomic mass is 10.3. The second-order valence-corrected chi connectivity index (χ2v) is 7.02. The molecule has 1 heterocycles. The van der Waals surface area contributed by atoms with E-state index in [1.54, 1.807) is 10.9 Å². The first kappa shape index (κ1) is 17.8. The summed E-state index contributed by atoms with van der Waals surface area (Å²) in [6.07, 6.45) is 3.08. The number of hydrogen-bond acceptors (Lipinski definition) is 5. The van der Waals surface area contributed by atoms with E-state index in [9.17, 15) is 13.2 Å². The third kappa shape index (κ3) is 4.48. The lowest BCUT2D eigenvalue weighted by molar-refractivity contribution is -0.122. The van der Waals surface area contributed by atoms with E-state index in [1.807, 2.05) is 13.8 Å². The van der Waals surface area contributed by atoms with Crippen LogP contribution in [0, 0.1) is 0 Å². The van der Waals surface area contributed by atoms with E-state index < -0.39 is 10.0 Å². The minimum absolute atomic E-state index is 0.0899. The molecule has 0 aliphatic rings. The number of hydrogen-bond donors (Lipinski definition) is 2. The number of anilines is 1. The molecular weight excluding hydrogens is 332 g/mol. The molecule has 0 aliphatic heterocycles. The third-order valence-electron chi connectivity index (χ3n) is 3.17. The van der Waals surface area contributed by atoms with Crippen LogP contribution in [0.5, 0.6) is 5.75 Å². The maximum Gasteiger partial charge on any atom is 0.261 e. The summed E-state index contributed by atoms with van der Waals surface area (Å²) in [5.74, 6) is 0.140. The van der Waals surface area contributed by atoms with Crippen molar-refractivity contribution in [1.82, 2.24) is 15.1 Å². The highest BCUT2D eigenvalue weighted by Crippen LogP contribution is 2.19. The molecule has 0 atom stereocenters. The van der Waals surface area contributed by atoms with Crippen molar-refractivity contribution >= 4 is 21.6 Å². The Hall–Kier alpha value is -2.55. The largest absolute Gasteiger partial charge is 0.484 e. The quantitative estimate of drug-likeness (QED) is 0.784. The van der Waals surface area contributed by atoms with Crippen LogP contribution in [-0.4, -0.2) is 37.8 Å². The van der Waals surface area contributed by atoms with E-state index >= 15 is 0 Å². The number of carbonyl (C=O) groups is 1. The smallest absolute Gasteiger partial charge is 0.261 e. The number of amides is 1. The van der Waals surface area contributed by atoms with Crippen molar-refractivity contribution in [2.45, 2.75) is 24.8 Å². The van der Waals surface area contributed by atoms with E-state index in [4.69, 9.17) is 4.74 Å². The highest BCUT2D eigenvalue weighted by atomic mass is 32.2. The van der Waals surface area contributed by atoms with Crippen molar-refractivity contribution < 1.29 is 17.9 Å². The molecule has 0 fully saturated rings. The van der Waals surface area contributed by atoms with E-state index in [2.05, 4.69) is 15.1 Å². The molecule has 2 rings (SSSR count). The van der Waals surface area contributed by atoms with Crippen LogP contribution < -0.4 is 14.8 Å². The number of likely N-dealkylation sites (N-methyl/N-ethyl adjacent to an activating group) is 1. The van der Waals surface area contributed by atoms with E-state index in [0.29, 0.717) is 11.4 Å². The molecule has 130 valence electrons. The van der Waals surface area contributed by atoms with Crippen LogP contribution in [-0.2, 0) is 14.8 Å². The van der Waals surface area contributed by atoms with Gasteiger partial charge < -0.3 is 10.1 Å². The fraction of sp³-hybridized carbons (Fsp3) is 0.333. The summed E-state index contributed by atoms with van der Waals surface area (Å²) >= 11 is 0. The van der Waals surface area contributed by atoms with E-state index in [1.165, 1.54) is 37.5 Å². The van der Waals surface area contributed by atoms with Crippen LogP contribution in [0.4, 0.5) is 5.69 Å². The normalized spacial score (nSPS) is 11.3. The van der Waals surface area contributed by atoms with E-state index in [-0.39, 0.29) is 23.5 Å². The topological polar surface area (TPSA) is 102 Å². The van der Waals surface area contributed by atoms with Crippen molar-refractivity contribution in [2.75, 3.05) is 18.4 Å². The molecule has 8 nitrogen and oxygen atoms in total. The van der Waals surface area contributed by atoms with Gasteiger partial charge in [-0.15, -0.1) is 0 Å². The summed E-state index contributed by atoms with van der Waals surface area (Å²) in [6.45, 7) is 3.76. The average molecular weight is 352 g/mol. The fourth-order valence-corrected chi connectivity index (χ4v) is 2.85. The van der Waals surface area contributed by atoms with Crippen LogP contribution in [0.25, 0.3) is 0 Å². The van der Waals surface area contributed by atoms with Crippen molar-refractivity contribution in [2.24, 2.45) is 0 Å². The molecule has 1 amide bonds. The van der Waals surface area contributed by atoms with Crippen LogP contribution in [0.1, 0.15) is 19.9 Å². The lowest BCUT2D eigenvalue weighted by Gasteiger charge is -2.08. The van der Waals surface area contributed by atoms with Gasteiger partial charge >= 0.3 is 0 Å². The minimum Gasteiger partial charge on any atom is -0.484 e. The van der Waals surface area contributed by atoms with Gasteiger partial charge in [0.1, 0.15) is 5.75 Å². The molecule has 0 saturated heterocycles. The second-order valence-electron chi connectivity index (χ2n) is 5.34. The van der Waals surface area contributed by atoms with Gasteiger partial charge in [-0.1, -0.05) is 0 Å². The Balaban J connectivity index is 2.07.